The number of benzene rings is 2. The molecule has 0 radical (unpaired) electrons. The van der Waals surface area contributed by atoms with E-state index in [0.29, 0.717) is 48.4 Å². The predicted molar refractivity (Wildman–Crippen MR) is 117 cm³/mol. The van der Waals surface area contributed by atoms with Gasteiger partial charge in [0.1, 0.15) is 5.82 Å². The summed E-state index contributed by atoms with van der Waals surface area (Å²) in [5.74, 6) is -3.67. The Hall–Kier alpha value is -3.43. The summed E-state index contributed by atoms with van der Waals surface area (Å²) in [7, 11) is 3.52. The second-order valence-corrected chi connectivity index (χ2v) is 8.34. The van der Waals surface area contributed by atoms with Gasteiger partial charge in [0, 0.05) is 43.2 Å². The van der Waals surface area contributed by atoms with Gasteiger partial charge in [0.2, 0.25) is 5.95 Å². The lowest BCUT2D eigenvalue weighted by Crippen LogP contribution is -2.40. The molecule has 1 heterocycles. The van der Waals surface area contributed by atoms with Crippen LogP contribution >= 0.6 is 0 Å². The Balaban J connectivity index is 1.41. The fourth-order valence-electron chi connectivity index (χ4n) is 3.98. The van der Waals surface area contributed by atoms with Crippen molar-refractivity contribution in [2.24, 2.45) is 0 Å². The molecule has 0 atom stereocenters. The topological polar surface area (TPSA) is 70.2 Å². The molecule has 2 aromatic carbocycles. The van der Waals surface area contributed by atoms with Crippen LogP contribution in [0.15, 0.2) is 30.3 Å². The van der Waals surface area contributed by atoms with E-state index in [1.165, 1.54) is 6.07 Å². The first-order chi connectivity index (χ1) is 15.7. The number of hydrogen-bond donors (Lipinski definition) is 2. The summed E-state index contributed by atoms with van der Waals surface area (Å²) < 4.78 is 53.9. The van der Waals surface area contributed by atoms with Gasteiger partial charge in [-0.25, -0.2) is 22.5 Å². The van der Waals surface area contributed by atoms with Crippen LogP contribution in [0, 0.1) is 23.3 Å². The van der Waals surface area contributed by atoms with Crippen LogP contribution in [0.1, 0.15) is 36.0 Å². The van der Waals surface area contributed by atoms with E-state index in [1.54, 1.807) is 19.0 Å². The number of carbonyl (C=O) groups excluding carboxylic acids is 1. The summed E-state index contributed by atoms with van der Waals surface area (Å²) in [6.45, 7) is 0. The molecular formula is C23H23F4N5O. The summed E-state index contributed by atoms with van der Waals surface area (Å²) in [5, 5.41) is 6.52. The zero-order chi connectivity index (χ0) is 23.7. The summed E-state index contributed by atoms with van der Waals surface area (Å²) in [5.41, 5.74) is 0.362. The molecule has 33 heavy (non-hydrogen) atoms. The summed E-state index contributed by atoms with van der Waals surface area (Å²) >= 11 is 0. The summed E-state index contributed by atoms with van der Waals surface area (Å²) in [6, 6.07) is 5.12. The molecule has 1 saturated carbocycles. The fourth-order valence-corrected chi connectivity index (χ4v) is 3.98. The lowest BCUT2D eigenvalue weighted by Gasteiger charge is -2.30. The van der Waals surface area contributed by atoms with Gasteiger partial charge in [-0.05, 0) is 49.9 Å². The van der Waals surface area contributed by atoms with Crippen molar-refractivity contribution in [1.29, 1.82) is 0 Å². The second-order valence-electron chi connectivity index (χ2n) is 8.34. The molecular weight excluding hydrogens is 438 g/mol. The highest BCUT2D eigenvalue weighted by molar-refractivity contribution is 5.94. The van der Waals surface area contributed by atoms with E-state index >= 15 is 0 Å². The van der Waals surface area contributed by atoms with Crippen LogP contribution < -0.4 is 15.5 Å². The Morgan fingerprint density at radius 1 is 0.879 bits per heavy atom. The molecule has 0 unspecified atom stereocenters. The number of aromatic nitrogens is 2. The van der Waals surface area contributed by atoms with Gasteiger partial charge in [0.25, 0.3) is 5.91 Å². The van der Waals surface area contributed by atoms with E-state index in [0.717, 1.165) is 24.3 Å². The fraction of sp³-hybridized carbons (Fsp3) is 0.348. The molecule has 4 rings (SSSR count). The third kappa shape index (κ3) is 4.99. The predicted octanol–water partition coefficient (Wildman–Crippen LogP) is 4.41. The largest absolute Gasteiger partial charge is 0.362 e. The monoisotopic (exact) mass is 461 g/mol. The first kappa shape index (κ1) is 22.8. The van der Waals surface area contributed by atoms with E-state index in [2.05, 4.69) is 20.6 Å². The molecule has 2 N–H and O–H groups in total. The van der Waals surface area contributed by atoms with E-state index in [9.17, 15) is 22.4 Å². The van der Waals surface area contributed by atoms with Crippen molar-refractivity contribution < 1.29 is 22.4 Å². The Labute approximate surface area is 188 Å². The van der Waals surface area contributed by atoms with Crippen LogP contribution in [0.25, 0.3) is 10.9 Å². The van der Waals surface area contributed by atoms with Gasteiger partial charge in [0.15, 0.2) is 23.3 Å². The molecule has 0 bridgehead atoms. The van der Waals surface area contributed by atoms with E-state index in [1.807, 2.05) is 0 Å². The molecule has 1 aliphatic carbocycles. The number of hydrogen-bond acceptors (Lipinski definition) is 5. The van der Waals surface area contributed by atoms with Crippen LogP contribution in [0.5, 0.6) is 0 Å². The highest BCUT2D eigenvalue weighted by Crippen LogP contribution is 2.28. The number of carbonyl (C=O) groups is 1. The molecule has 1 aliphatic rings. The van der Waals surface area contributed by atoms with Gasteiger partial charge < -0.3 is 15.5 Å². The Kier molecular flexibility index (Phi) is 6.35. The van der Waals surface area contributed by atoms with Crippen molar-refractivity contribution in [3.05, 3.63) is 59.2 Å². The Bertz CT molecular complexity index is 1200. The van der Waals surface area contributed by atoms with Gasteiger partial charge in [-0.1, -0.05) is 0 Å². The molecule has 3 aromatic rings. The highest BCUT2D eigenvalue weighted by Gasteiger charge is 2.24. The number of nitrogens with one attached hydrogen (secondary N) is 2. The first-order valence-corrected chi connectivity index (χ1v) is 10.6. The third-order valence-electron chi connectivity index (χ3n) is 5.72. The first-order valence-electron chi connectivity index (χ1n) is 10.6. The standard InChI is InChI=1S/C23H23F4N5O/c1-32(2)21-15-10-18(26)19(27)11-20(15)30-23(31-21)29-14-6-4-13(5-7-14)28-22(33)12-3-8-16(24)17(25)9-12/h3,8-11,13-14H,4-7H2,1-2H3,(H,28,33)(H,29,30,31)/t13-,14+. The Morgan fingerprint density at radius 2 is 1.52 bits per heavy atom. The maximum atomic E-state index is 13.7. The maximum absolute atomic E-state index is 13.7. The summed E-state index contributed by atoms with van der Waals surface area (Å²) in [4.78, 5) is 22.8. The molecule has 10 heteroatoms. The van der Waals surface area contributed by atoms with Crippen molar-refractivity contribution in [2.45, 2.75) is 37.8 Å². The van der Waals surface area contributed by atoms with E-state index < -0.39 is 29.2 Å². The number of fused-ring (bicyclic) bond motifs is 1. The van der Waals surface area contributed by atoms with E-state index in [4.69, 9.17) is 0 Å². The molecule has 6 nitrogen and oxygen atoms in total. The normalized spacial score (nSPS) is 18.2. The van der Waals surface area contributed by atoms with Gasteiger partial charge >= 0.3 is 0 Å². The Morgan fingerprint density at radius 3 is 2.18 bits per heavy atom. The van der Waals surface area contributed by atoms with Crippen LogP contribution in [0.2, 0.25) is 0 Å². The number of nitrogens with zero attached hydrogens (tertiary/aromatic N) is 3. The zero-order valence-electron chi connectivity index (χ0n) is 18.1. The maximum Gasteiger partial charge on any atom is 0.251 e. The van der Waals surface area contributed by atoms with Crippen molar-refractivity contribution >= 4 is 28.6 Å². The minimum Gasteiger partial charge on any atom is -0.362 e. The van der Waals surface area contributed by atoms with Crippen LogP contribution in [-0.4, -0.2) is 42.1 Å². The molecule has 1 fully saturated rings. The lowest BCUT2D eigenvalue weighted by atomic mass is 9.91. The van der Waals surface area contributed by atoms with Crippen LogP contribution in [-0.2, 0) is 0 Å². The average molecular weight is 461 g/mol. The smallest absolute Gasteiger partial charge is 0.251 e. The average Bonchev–Trinajstić information content (AvgIpc) is 2.77. The van der Waals surface area contributed by atoms with Crippen molar-refractivity contribution in [3.63, 3.8) is 0 Å². The molecule has 0 aliphatic heterocycles. The van der Waals surface area contributed by atoms with Crippen LogP contribution in [0.4, 0.5) is 29.3 Å². The minimum atomic E-state index is -1.06. The molecule has 1 amide bonds. The van der Waals surface area contributed by atoms with Crippen molar-refractivity contribution in [2.75, 3.05) is 24.3 Å². The number of rotatable bonds is 5. The zero-order valence-corrected chi connectivity index (χ0v) is 18.1. The van der Waals surface area contributed by atoms with Gasteiger partial charge in [-0.15, -0.1) is 0 Å². The lowest BCUT2D eigenvalue weighted by molar-refractivity contribution is 0.0926. The van der Waals surface area contributed by atoms with Gasteiger partial charge in [-0.3, -0.25) is 4.79 Å². The summed E-state index contributed by atoms with van der Waals surface area (Å²) in [6.07, 6.45) is 2.75. The van der Waals surface area contributed by atoms with Crippen LogP contribution in [0.3, 0.4) is 0 Å². The highest BCUT2D eigenvalue weighted by atomic mass is 19.2. The van der Waals surface area contributed by atoms with Crippen molar-refractivity contribution in [3.8, 4) is 0 Å². The SMILES string of the molecule is CN(C)c1nc(N[C@H]2CC[C@@H](NC(=O)c3ccc(F)c(F)c3)CC2)nc2cc(F)c(F)cc12. The molecule has 0 saturated heterocycles. The molecule has 0 spiro atoms. The number of anilines is 2. The third-order valence-corrected chi connectivity index (χ3v) is 5.72. The van der Waals surface area contributed by atoms with Crippen molar-refractivity contribution in [1.82, 2.24) is 15.3 Å². The molecule has 174 valence electrons. The number of amides is 1. The number of halogens is 4. The van der Waals surface area contributed by atoms with E-state index in [-0.39, 0.29) is 17.6 Å². The van der Waals surface area contributed by atoms with Gasteiger partial charge in [0.05, 0.1) is 5.52 Å². The second kappa shape index (κ2) is 9.21. The quantitative estimate of drug-likeness (QED) is 0.551. The minimum absolute atomic E-state index is 0.0270. The molecule has 1 aromatic heterocycles. The van der Waals surface area contributed by atoms with Gasteiger partial charge in [-0.2, -0.15) is 4.98 Å².